The number of esters is 2. The number of benzene rings is 2. The van der Waals surface area contributed by atoms with Crippen molar-refractivity contribution in [1.82, 2.24) is 9.80 Å². The normalized spacial score (nSPS) is 16.5. The highest BCUT2D eigenvalue weighted by atomic mass is 16.5. The van der Waals surface area contributed by atoms with Gasteiger partial charge in [0.05, 0.1) is 89.3 Å². The van der Waals surface area contributed by atoms with Gasteiger partial charge in [0.25, 0.3) is 11.8 Å². The van der Waals surface area contributed by atoms with Gasteiger partial charge in [-0.2, -0.15) is 0 Å². The van der Waals surface area contributed by atoms with Crippen LogP contribution in [-0.4, -0.2) is 127 Å². The average Bonchev–Trinajstić information content (AvgIpc) is 3.03. The Balaban J connectivity index is 1.60. The monoisotopic (exact) mass is 586 g/mol. The van der Waals surface area contributed by atoms with Crippen molar-refractivity contribution >= 4 is 23.8 Å². The van der Waals surface area contributed by atoms with E-state index in [0.717, 1.165) is 0 Å². The average molecular weight is 587 g/mol. The van der Waals surface area contributed by atoms with E-state index < -0.39 is 11.9 Å². The maximum atomic E-state index is 13.3. The van der Waals surface area contributed by atoms with E-state index in [9.17, 15) is 19.2 Å². The molecule has 0 radical (unpaired) electrons. The third-order valence-corrected chi connectivity index (χ3v) is 6.47. The molecule has 3 rings (SSSR count). The summed E-state index contributed by atoms with van der Waals surface area (Å²) in [6.07, 6.45) is 0. The summed E-state index contributed by atoms with van der Waals surface area (Å²) in [6, 6.07) is 13.0. The van der Waals surface area contributed by atoms with Crippen molar-refractivity contribution in [3.05, 3.63) is 70.8 Å². The van der Waals surface area contributed by atoms with Crippen molar-refractivity contribution in [3.63, 3.8) is 0 Å². The molecule has 42 heavy (non-hydrogen) atoms. The maximum absolute atomic E-state index is 13.3. The number of hydrogen-bond donors (Lipinski definition) is 0. The molecule has 0 aliphatic carbocycles. The molecule has 2 aromatic carbocycles. The molecule has 0 saturated carbocycles. The Hall–Kier alpha value is -3.84. The smallest absolute Gasteiger partial charge is 0.338 e. The van der Waals surface area contributed by atoms with E-state index in [0.29, 0.717) is 0 Å². The summed E-state index contributed by atoms with van der Waals surface area (Å²) in [6.45, 7) is 3.18. The summed E-state index contributed by atoms with van der Waals surface area (Å²) in [5.74, 6) is -1.84. The van der Waals surface area contributed by atoms with E-state index in [2.05, 4.69) is 0 Å². The fraction of sp³-hybridized carbons (Fsp3) is 0.467. The van der Waals surface area contributed by atoms with Crippen LogP contribution < -0.4 is 0 Å². The van der Waals surface area contributed by atoms with Crippen molar-refractivity contribution in [2.75, 3.05) is 93.3 Å². The third kappa shape index (κ3) is 9.62. The highest BCUT2D eigenvalue weighted by molar-refractivity contribution is 6.06. The molecule has 12 nitrogen and oxygen atoms in total. The molecule has 2 aromatic rings. The van der Waals surface area contributed by atoms with Crippen molar-refractivity contribution in [2.45, 2.75) is 0 Å². The van der Waals surface area contributed by atoms with Crippen LogP contribution in [-0.2, 0) is 28.4 Å². The lowest BCUT2D eigenvalue weighted by Gasteiger charge is -2.25. The minimum Gasteiger partial charge on any atom is -0.465 e. The van der Waals surface area contributed by atoms with Gasteiger partial charge in [0.2, 0.25) is 0 Å². The van der Waals surface area contributed by atoms with E-state index >= 15 is 0 Å². The second-order valence-corrected chi connectivity index (χ2v) is 9.11. The van der Waals surface area contributed by atoms with Crippen LogP contribution in [0.4, 0.5) is 0 Å². The number of ether oxygens (including phenoxy) is 6. The van der Waals surface area contributed by atoms with Gasteiger partial charge in [0, 0.05) is 26.2 Å². The number of hydrogen-bond acceptors (Lipinski definition) is 10. The molecule has 1 aliphatic heterocycles. The fourth-order valence-corrected chi connectivity index (χ4v) is 4.23. The zero-order valence-electron chi connectivity index (χ0n) is 24.1. The first-order valence-corrected chi connectivity index (χ1v) is 13.7. The van der Waals surface area contributed by atoms with Crippen molar-refractivity contribution < 1.29 is 47.6 Å². The van der Waals surface area contributed by atoms with Crippen LogP contribution in [0.5, 0.6) is 0 Å². The van der Waals surface area contributed by atoms with Gasteiger partial charge in [-0.3, -0.25) is 9.59 Å². The van der Waals surface area contributed by atoms with E-state index in [1.54, 1.807) is 58.3 Å². The van der Waals surface area contributed by atoms with Gasteiger partial charge in [0.15, 0.2) is 0 Å². The number of methoxy groups -OCH3 is 2. The summed E-state index contributed by atoms with van der Waals surface area (Å²) < 4.78 is 32.4. The van der Waals surface area contributed by atoms with Gasteiger partial charge in [-0.25, -0.2) is 9.59 Å². The molecule has 1 fully saturated rings. The van der Waals surface area contributed by atoms with E-state index in [-0.39, 0.29) is 113 Å². The topological polar surface area (TPSA) is 130 Å². The summed E-state index contributed by atoms with van der Waals surface area (Å²) in [7, 11) is 2.54. The van der Waals surface area contributed by atoms with Crippen LogP contribution in [0.15, 0.2) is 48.5 Å². The Bertz CT molecular complexity index is 1080. The molecular weight excluding hydrogens is 548 g/mol. The largest absolute Gasteiger partial charge is 0.465 e. The Kier molecular flexibility index (Phi) is 13.9. The quantitative estimate of drug-likeness (QED) is 0.490. The molecule has 0 N–H and O–H groups in total. The van der Waals surface area contributed by atoms with Gasteiger partial charge in [0.1, 0.15) is 0 Å². The molecule has 228 valence electrons. The summed E-state index contributed by atoms with van der Waals surface area (Å²) in [4.78, 5) is 54.2. The van der Waals surface area contributed by atoms with Crippen LogP contribution in [0.2, 0.25) is 0 Å². The number of amides is 2. The summed E-state index contributed by atoms with van der Waals surface area (Å²) >= 11 is 0. The number of carbonyl (C=O) groups excluding carboxylic acids is 4. The predicted octanol–water partition coefficient (Wildman–Crippen LogP) is 1.92. The van der Waals surface area contributed by atoms with Gasteiger partial charge in [-0.15, -0.1) is 0 Å². The standard InChI is InChI=1S/C30H38N2O10/c1-37-29(35)25-9-5-3-7-23(25)27(33)31-11-15-39-19-21-41-17-13-32(14-18-42-22-20-40-16-12-31)28(34)24-8-4-6-10-26(24)30(36)38-2/h3-10H,11-22H2,1-2H3. The summed E-state index contributed by atoms with van der Waals surface area (Å²) in [5, 5.41) is 0. The van der Waals surface area contributed by atoms with Gasteiger partial charge >= 0.3 is 11.9 Å². The first-order valence-electron chi connectivity index (χ1n) is 13.7. The van der Waals surface area contributed by atoms with Crippen LogP contribution in [0.3, 0.4) is 0 Å². The molecule has 0 unspecified atom stereocenters. The predicted molar refractivity (Wildman–Crippen MR) is 151 cm³/mol. The molecule has 2 amide bonds. The first kappa shape index (κ1) is 32.7. The van der Waals surface area contributed by atoms with Crippen LogP contribution >= 0.6 is 0 Å². The lowest BCUT2D eigenvalue weighted by atomic mass is 10.1. The maximum Gasteiger partial charge on any atom is 0.338 e. The lowest BCUT2D eigenvalue weighted by molar-refractivity contribution is 0.00881. The number of carbonyl (C=O) groups is 4. The molecule has 1 saturated heterocycles. The molecule has 0 spiro atoms. The highest BCUT2D eigenvalue weighted by Gasteiger charge is 2.23. The second kappa shape index (κ2) is 17.9. The van der Waals surface area contributed by atoms with Crippen LogP contribution in [0.25, 0.3) is 0 Å². The molecule has 0 aromatic heterocycles. The van der Waals surface area contributed by atoms with Gasteiger partial charge in [-0.05, 0) is 24.3 Å². The van der Waals surface area contributed by atoms with Crippen molar-refractivity contribution in [3.8, 4) is 0 Å². The lowest BCUT2D eigenvalue weighted by Crippen LogP contribution is -2.38. The Labute approximate surface area is 245 Å². The van der Waals surface area contributed by atoms with Crippen LogP contribution in [0.1, 0.15) is 41.4 Å². The minimum atomic E-state index is -0.588. The van der Waals surface area contributed by atoms with Crippen molar-refractivity contribution in [2.24, 2.45) is 0 Å². The molecule has 1 aliphatic rings. The third-order valence-electron chi connectivity index (χ3n) is 6.47. The first-order chi connectivity index (χ1) is 20.5. The fourth-order valence-electron chi connectivity index (χ4n) is 4.23. The Morgan fingerprint density at radius 2 is 0.786 bits per heavy atom. The minimum absolute atomic E-state index is 0.189. The number of rotatable bonds is 4. The molecule has 0 bridgehead atoms. The van der Waals surface area contributed by atoms with Crippen LogP contribution in [0, 0.1) is 0 Å². The Morgan fingerprint density at radius 1 is 0.500 bits per heavy atom. The van der Waals surface area contributed by atoms with Gasteiger partial charge in [-0.1, -0.05) is 24.3 Å². The second-order valence-electron chi connectivity index (χ2n) is 9.11. The van der Waals surface area contributed by atoms with Crippen molar-refractivity contribution in [1.29, 1.82) is 0 Å². The van der Waals surface area contributed by atoms with E-state index in [1.807, 2.05) is 0 Å². The Morgan fingerprint density at radius 3 is 1.07 bits per heavy atom. The SMILES string of the molecule is COC(=O)c1ccccc1C(=O)N1CCOCCOCCN(C(=O)c2ccccc2C(=O)OC)CCOCCOCC1. The molecule has 0 atom stereocenters. The van der Waals surface area contributed by atoms with Gasteiger partial charge < -0.3 is 38.2 Å². The summed E-state index contributed by atoms with van der Waals surface area (Å²) in [5.41, 5.74) is 0.863. The number of nitrogens with zero attached hydrogens (tertiary/aromatic N) is 2. The van der Waals surface area contributed by atoms with E-state index in [1.165, 1.54) is 14.2 Å². The zero-order valence-corrected chi connectivity index (χ0v) is 24.1. The molecule has 12 heteroatoms. The molecule has 1 heterocycles. The zero-order chi connectivity index (χ0) is 30.2. The highest BCUT2D eigenvalue weighted by Crippen LogP contribution is 2.15. The van der Waals surface area contributed by atoms with E-state index in [4.69, 9.17) is 28.4 Å². The molecular formula is C30H38N2O10.